The summed E-state index contributed by atoms with van der Waals surface area (Å²) in [5.74, 6) is -0.0752. The fourth-order valence-corrected chi connectivity index (χ4v) is 5.97. The number of allylic oxidation sites excluding steroid dienone is 12. The van der Waals surface area contributed by atoms with Gasteiger partial charge in [-0.1, -0.05) is 125 Å². The average molecular weight is 732 g/mol. The van der Waals surface area contributed by atoms with Gasteiger partial charge < -0.3 is 14.8 Å². The Morgan fingerprint density at radius 3 is 1.79 bits per heavy atom. The van der Waals surface area contributed by atoms with Crippen LogP contribution in [0, 0.1) is 0 Å². The highest BCUT2D eigenvalue weighted by molar-refractivity contribution is 5.89. The molecular weight excluding hydrogens is 663 g/mol. The van der Waals surface area contributed by atoms with E-state index in [9.17, 15) is 14.4 Å². The Labute approximate surface area is 320 Å². The van der Waals surface area contributed by atoms with Crippen LogP contribution in [0.25, 0.3) is 0 Å². The molecule has 1 amide bonds. The second-order valence-corrected chi connectivity index (χ2v) is 13.7. The summed E-state index contributed by atoms with van der Waals surface area (Å²) in [5, 5.41) is 2.75. The van der Waals surface area contributed by atoms with Gasteiger partial charge in [0.2, 0.25) is 5.91 Å². The lowest BCUT2D eigenvalue weighted by atomic mass is 10.1. The molecule has 8 heteroatoms. The molecule has 0 saturated carbocycles. The molecule has 2 unspecified atom stereocenters. The Morgan fingerprint density at radius 1 is 0.717 bits per heavy atom. The number of nitrogens with zero attached hydrogens (tertiary/aromatic N) is 2. The molecule has 1 aliphatic rings. The van der Waals surface area contributed by atoms with Gasteiger partial charge in [-0.15, -0.1) is 0 Å². The molecule has 0 bridgehead atoms. The Kier molecular flexibility index (Phi) is 27.2. The van der Waals surface area contributed by atoms with Gasteiger partial charge in [0.25, 0.3) is 0 Å². The van der Waals surface area contributed by atoms with E-state index in [1.54, 1.807) is 12.3 Å². The van der Waals surface area contributed by atoms with Gasteiger partial charge in [0, 0.05) is 19.0 Å². The van der Waals surface area contributed by atoms with Crippen LogP contribution in [0.3, 0.4) is 0 Å². The maximum Gasteiger partial charge on any atom is 0.351 e. The average Bonchev–Trinajstić information content (AvgIpc) is 3.62. The van der Waals surface area contributed by atoms with Crippen LogP contribution in [0.4, 0.5) is 5.82 Å². The number of carbonyl (C=O) groups excluding carboxylic acids is 2. The minimum atomic E-state index is -0.473. The van der Waals surface area contributed by atoms with E-state index in [1.165, 1.54) is 23.8 Å². The summed E-state index contributed by atoms with van der Waals surface area (Å²) in [6.45, 7) is 4.48. The number of carbonyl (C=O) groups is 2. The zero-order chi connectivity index (χ0) is 38.0. The van der Waals surface area contributed by atoms with Crippen molar-refractivity contribution in [3.63, 3.8) is 0 Å². The third-order valence-electron chi connectivity index (χ3n) is 9.01. The van der Waals surface area contributed by atoms with Crippen LogP contribution < -0.4 is 11.0 Å². The molecule has 2 atom stereocenters. The van der Waals surface area contributed by atoms with E-state index in [0.29, 0.717) is 25.7 Å². The molecule has 2 heterocycles. The highest BCUT2D eigenvalue weighted by Gasteiger charge is 2.28. The third kappa shape index (κ3) is 24.2. The van der Waals surface area contributed by atoms with Crippen molar-refractivity contribution in [3.05, 3.63) is 95.7 Å². The van der Waals surface area contributed by atoms with Crippen molar-refractivity contribution in [3.8, 4) is 0 Å². The smallest absolute Gasteiger partial charge is 0.351 e. The number of amides is 1. The number of ether oxygens (including phenoxy) is 2. The first-order valence-electron chi connectivity index (χ1n) is 20.6. The number of hydrogen-bond donors (Lipinski definition) is 1. The molecule has 0 aromatic carbocycles. The Bertz CT molecular complexity index is 1360. The summed E-state index contributed by atoms with van der Waals surface area (Å²) in [5.41, 5.74) is -0.473. The Morgan fingerprint density at radius 2 is 1.23 bits per heavy atom. The van der Waals surface area contributed by atoms with Gasteiger partial charge in [0.15, 0.2) is 0 Å². The molecule has 1 aromatic rings. The normalized spacial score (nSPS) is 16.5. The van der Waals surface area contributed by atoms with E-state index in [2.05, 4.69) is 97.1 Å². The number of hydrogen-bond acceptors (Lipinski definition) is 6. The fourth-order valence-electron chi connectivity index (χ4n) is 5.97. The predicted octanol–water partition coefficient (Wildman–Crippen LogP) is 11.6. The molecule has 294 valence electrons. The molecule has 1 N–H and O–H groups in total. The van der Waals surface area contributed by atoms with Crippen molar-refractivity contribution in [1.29, 1.82) is 0 Å². The summed E-state index contributed by atoms with van der Waals surface area (Å²) >= 11 is 0. The van der Waals surface area contributed by atoms with Crippen molar-refractivity contribution in [2.45, 2.75) is 167 Å². The van der Waals surface area contributed by atoms with Gasteiger partial charge >= 0.3 is 11.7 Å². The standard InChI is InChI=1S/C45H69N3O5/c1-3-5-7-9-11-13-15-17-19-21-23-25-27-29-31-33-42(49)46-41-37-38-48(45(51)47-41)43-36-35-40(53-43)39-52-44(50)34-32-30-28-26-24-22-20-18-16-14-12-10-8-6-4-2/h5-8,11-14,17-20,37-38,40,43H,3-4,9-10,15-16,21-36,39H2,1-2H3,(H,46,47,49,51)/b7-5-,8-6-,13-11-,14-12-,19-17-,20-18-. The highest BCUT2D eigenvalue weighted by Crippen LogP contribution is 2.27. The van der Waals surface area contributed by atoms with E-state index in [-0.39, 0.29) is 30.4 Å². The number of rotatable bonds is 30. The van der Waals surface area contributed by atoms with Gasteiger partial charge in [-0.05, 0) is 96.0 Å². The lowest BCUT2D eigenvalue weighted by Gasteiger charge is -2.16. The van der Waals surface area contributed by atoms with E-state index in [0.717, 1.165) is 96.3 Å². The SMILES string of the molecule is CC/C=C\C/C=C\C/C=C\CCCCCCCC(=O)Nc1ccn(C2CCC(COC(=O)CCCCCCC/C=C\C/C=C\C/C=C\CC)O2)c(=O)n1. The maximum absolute atomic E-state index is 12.7. The van der Waals surface area contributed by atoms with Crippen LogP contribution in [-0.2, 0) is 19.1 Å². The van der Waals surface area contributed by atoms with Crippen LogP contribution >= 0.6 is 0 Å². The summed E-state index contributed by atoms with van der Waals surface area (Å²) < 4.78 is 12.9. The quantitative estimate of drug-likeness (QED) is 0.0480. The third-order valence-corrected chi connectivity index (χ3v) is 9.01. The molecule has 1 fully saturated rings. The zero-order valence-electron chi connectivity index (χ0n) is 32.9. The van der Waals surface area contributed by atoms with Crippen LogP contribution in [0.5, 0.6) is 0 Å². The van der Waals surface area contributed by atoms with Gasteiger partial charge in [0.05, 0.1) is 6.10 Å². The first kappa shape index (κ1) is 45.4. The van der Waals surface area contributed by atoms with Crippen molar-refractivity contribution in [2.24, 2.45) is 0 Å². The molecule has 1 aliphatic heterocycles. The highest BCUT2D eigenvalue weighted by atomic mass is 16.6. The van der Waals surface area contributed by atoms with Crippen molar-refractivity contribution >= 4 is 17.7 Å². The minimum absolute atomic E-state index is 0.131. The second-order valence-electron chi connectivity index (χ2n) is 13.7. The van der Waals surface area contributed by atoms with Gasteiger partial charge in [-0.3, -0.25) is 14.2 Å². The Hall–Kier alpha value is -3.78. The van der Waals surface area contributed by atoms with Gasteiger partial charge in [-0.2, -0.15) is 4.98 Å². The molecule has 1 aromatic heterocycles. The van der Waals surface area contributed by atoms with Gasteiger partial charge in [0.1, 0.15) is 18.7 Å². The van der Waals surface area contributed by atoms with E-state index >= 15 is 0 Å². The van der Waals surface area contributed by atoms with Crippen molar-refractivity contribution in [2.75, 3.05) is 11.9 Å². The predicted molar refractivity (Wildman–Crippen MR) is 220 cm³/mol. The lowest BCUT2D eigenvalue weighted by Crippen LogP contribution is -2.29. The monoisotopic (exact) mass is 732 g/mol. The van der Waals surface area contributed by atoms with E-state index in [1.807, 2.05) is 0 Å². The van der Waals surface area contributed by atoms with Crippen molar-refractivity contribution in [1.82, 2.24) is 9.55 Å². The topological polar surface area (TPSA) is 99.5 Å². The number of anilines is 1. The molecule has 8 nitrogen and oxygen atoms in total. The zero-order valence-corrected chi connectivity index (χ0v) is 32.9. The number of unbranched alkanes of at least 4 members (excludes halogenated alkanes) is 10. The fraction of sp³-hybridized carbons (Fsp3) is 0.600. The summed E-state index contributed by atoms with van der Waals surface area (Å²) in [6.07, 6.45) is 48.6. The molecule has 1 saturated heterocycles. The molecule has 0 aliphatic carbocycles. The van der Waals surface area contributed by atoms with E-state index in [4.69, 9.17) is 9.47 Å². The lowest BCUT2D eigenvalue weighted by molar-refractivity contribution is -0.148. The molecule has 0 radical (unpaired) electrons. The number of nitrogens with one attached hydrogen (secondary N) is 1. The summed E-state index contributed by atoms with van der Waals surface area (Å²) in [6, 6.07) is 1.63. The largest absolute Gasteiger partial charge is 0.463 e. The first-order chi connectivity index (χ1) is 26.0. The second kappa shape index (κ2) is 31.7. The molecular formula is C45H69N3O5. The number of esters is 1. The van der Waals surface area contributed by atoms with Gasteiger partial charge in [-0.25, -0.2) is 4.79 Å². The maximum atomic E-state index is 12.7. The molecule has 53 heavy (non-hydrogen) atoms. The molecule has 2 rings (SSSR count). The van der Waals surface area contributed by atoms with Crippen LogP contribution in [0.1, 0.15) is 161 Å². The number of aromatic nitrogens is 2. The van der Waals surface area contributed by atoms with Crippen LogP contribution in [-0.4, -0.2) is 34.1 Å². The van der Waals surface area contributed by atoms with E-state index < -0.39 is 11.9 Å². The van der Waals surface area contributed by atoms with Crippen LogP contribution in [0.2, 0.25) is 0 Å². The molecule has 0 spiro atoms. The summed E-state index contributed by atoms with van der Waals surface area (Å²) in [4.78, 5) is 41.5. The van der Waals surface area contributed by atoms with Crippen LogP contribution in [0.15, 0.2) is 90.0 Å². The minimum Gasteiger partial charge on any atom is -0.463 e. The van der Waals surface area contributed by atoms with Crippen molar-refractivity contribution < 1.29 is 19.1 Å². The Balaban J connectivity index is 1.49. The summed E-state index contributed by atoms with van der Waals surface area (Å²) in [7, 11) is 0. The first-order valence-corrected chi connectivity index (χ1v) is 20.6.